The highest BCUT2D eigenvalue weighted by molar-refractivity contribution is 7.88. The summed E-state index contributed by atoms with van der Waals surface area (Å²) in [7, 11) is -5.95. The van der Waals surface area contributed by atoms with E-state index in [0.29, 0.717) is 0 Å². The summed E-state index contributed by atoms with van der Waals surface area (Å²) >= 11 is 0. The molecule has 1 heterocycles. The number of hydrogen-bond donors (Lipinski definition) is 0. The molecule has 4 rings (SSSR count). The van der Waals surface area contributed by atoms with E-state index in [1.54, 1.807) is 0 Å². The van der Waals surface area contributed by atoms with Crippen LogP contribution >= 0.6 is 0 Å². The maximum atomic E-state index is 12.8. The summed E-state index contributed by atoms with van der Waals surface area (Å²) in [5, 5.41) is 0.0572. The Balaban J connectivity index is 2.00. The van der Waals surface area contributed by atoms with E-state index in [0.717, 1.165) is 6.07 Å². The fourth-order valence-corrected chi connectivity index (χ4v) is 3.05. The SMILES string of the molecule is [2H]c1c([2H])c([2H])c(-c2ccc3oc4cccc(OS(=O)(=O)C(F)(F)F)c4c3c2)c([2H])c1[2H]. The zero-order valence-corrected chi connectivity index (χ0v) is 14.0. The molecular formula is C19H11F3O4S. The predicted molar refractivity (Wildman–Crippen MR) is 94.8 cm³/mol. The predicted octanol–water partition coefficient (Wildman–Crippen LogP) is 5.48. The first-order valence-electron chi connectivity index (χ1n) is 9.87. The normalized spacial score (nSPS) is 15.1. The van der Waals surface area contributed by atoms with Crippen LogP contribution in [0.25, 0.3) is 33.1 Å². The Kier molecular flexibility index (Phi) is 2.76. The summed E-state index contributed by atoms with van der Waals surface area (Å²) in [4.78, 5) is 0. The second kappa shape index (κ2) is 6.02. The first kappa shape index (κ1) is 12.4. The van der Waals surface area contributed by atoms with Gasteiger partial charge in [-0.15, -0.1) is 0 Å². The van der Waals surface area contributed by atoms with Crippen molar-refractivity contribution in [2.24, 2.45) is 0 Å². The monoisotopic (exact) mass is 397 g/mol. The molecule has 0 atom stereocenters. The van der Waals surface area contributed by atoms with Crippen LogP contribution in [0.3, 0.4) is 0 Å². The van der Waals surface area contributed by atoms with Gasteiger partial charge in [-0.25, -0.2) is 0 Å². The van der Waals surface area contributed by atoms with Gasteiger partial charge in [0.1, 0.15) is 11.2 Å². The zero-order chi connectivity index (χ0) is 23.6. The van der Waals surface area contributed by atoms with Crippen LogP contribution in [-0.4, -0.2) is 13.9 Å². The third-order valence-electron chi connectivity index (χ3n) is 3.73. The quantitative estimate of drug-likeness (QED) is 0.339. The van der Waals surface area contributed by atoms with Gasteiger partial charge in [0.25, 0.3) is 0 Å². The van der Waals surface area contributed by atoms with E-state index in [1.807, 2.05) is 0 Å². The van der Waals surface area contributed by atoms with Crippen molar-refractivity contribution in [1.29, 1.82) is 0 Å². The van der Waals surface area contributed by atoms with E-state index < -0.39 is 51.6 Å². The summed E-state index contributed by atoms with van der Waals surface area (Å²) < 4.78 is 111. The molecule has 0 aliphatic rings. The molecule has 1 aromatic heterocycles. The molecule has 0 aliphatic heterocycles. The van der Waals surface area contributed by atoms with Crippen molar-refractivity contribution >= 4 is 32.1 Å². The fourth-order valence-electron chi connectivity index (χ4n) is 2.58. The molecule has 0 N–H and O–H groups in total. The van der Waals surface area contributed by atoms with Gasteiger partial charge in [-0.3, -0.25) is 0 Å². The molecule has 0 fully saturated rings. The number of alkyl halides is 3. The Morgan fingerprint density at radius 3 is 2.41 bits per heavy atom. The summed E-state index contributed by atoms with van der Waals surface area (Å²) in [5.41, 5.74) is -5.42. The van der Waals surface area contributed by atoms with Crippen molar-refractivity contribution in [3.63, 3.8) is 0 Å². The van der Waals surface area contributed by atoms with Crippen molar-refractivity contribution < 1.29 is 37.0 Å². The lowest BCUT2D eigenvalue weighted by atomic mass is 10.0. The van der Waals surface area contributed by atoms with Gasteiger partial charge in [0.05, 0.1) is 12.2 Å². The Hall–Kier alpha value is -3.00. The molecule has 0 aliphatic carbocycles. The van der Waals surface area contributed by atoms with Crippen LogP contribution in [0.1, 0.15) is 6.85 Å². The topological polar surface area (TPSA) is 56.5 Å². The molecule has 4 aromatic rings. The third kappa shape index (κ3) is 3.02. The lowest BCUT2D eigenvalue weighted by molar-refractivity contribution is -0.0499. The van der Waals surface area contributed by atoms with Gasteiger partial charge in [-0.05, 0) is 35.4 Å². The number of halogens is 3. The molecule has 0 unspecified atom stereocenters. The molecule has 27 heavy (non-hydrogen) atoms. The van der Waals surface area contributed by atoms with E-state index in [1.165, 1.54) is 30.3 Å². The largest absolute Gasteiger partial charge is 0.534 e. The van der Waals surface area contributed by atoms with Crippen LogP contribution in [0.15, 0.2) is 71.0 Å². The Labute approximate surface area is 158 Å². The smallest absolute Gasteiger partial charge is 0.456 e. The molecule has 0 bridgehead atoms. The molecule has 0 amide bonds. The molecular weight excluding hydrogens is 381 g/mol. The standard InChI is InChI=1S/C19H11F3O4S/c20-19(21,22)27(23,24)26-17-8-4-7-16-18(17)14-11-13(9-10-15(14)25-16)12-5-2-1-3-6-12/h1-11H/i1D,2D,3D,5D,6D. The van der Waals surface area contributed by atoms with Gasteiger partial charge in [0, 0.05) is 5.39 Å². The summed E-state index contributed by atoms with van der Waals surface area (Å²) in [6.07, 6.45) is 0. The molecule has 3 aromatic carbocycles. The molecule has 138 valence electrons. The van der Waals surface area contributed by atoms with Crippen LogP contribution in [0.2, 0.25) is 0 Å². The highest BCUT2D eigenvalue weighted by atomic mass is 32.2. The molecule has 0 radical (unpaired) electrons. The molecule has 0 saturated heterocycles. The maximum absolute atomic E-state index is 12.8. The molecule has 8 heteroatoms. The average molecular weight is 397 g/mol. The summed E-state index contributed by atoms with van der Waals surface area (Å²) in [5.74, 6) is -0.628. The van der Waals surface area contributed by atoms with Crippen LogP contribution in [0, 0.1) is 0 Å². The van der Waals surface area contributed by atoms with E-state index in [9.17, 15) is 21.6 Å². The van der Waals surface area contributed by atoms with E-state index in [4.69, 9.17) is 11.3 Å². The van der Waals surface area contributed by atoms with Crippen molar-refractivity contribution in [2.45, 2.75) is 5.51 Å². The van der Waals surface area contributed by atoms with Gasteiger partial charge in [-0.2, -0.15) is 21.6 Å². The maximum Gasteiger partial charge on any atom is 0.534 e. The average Bonchev–Trinajstić information content (AvgIpc) is 3.09. The van der Waals surface area contributed by atoms with Crippen molar-refractivity contribution in [1.82, 2.24) is 0 Å². The van der Waals surface area contributed by atoms with Crippen LogP contribution < -0.4 is 4.18 Å². The van der Waals surface area contributed by atoms with Crippen molar-refractivity contribution in [3.8, 4) is 16.9 Å². The number of rotatable bonds is 3. The van der Waals surface area contributed by atoms with E-state index >= 15 is 0 Å². The Morgan fingerprint density at radius 1 is 0.963 bits per heavy atom. The van der Waals surface area contributed by atoms with Gasteiger partial charge in [0.15, 0.2) is 5.75 Å². The van der Waals surface area contributed by atoms with Gasteiger partial charge in [0.2, 0.25) is 0 Å². The van der Waals surface area contributed by atoms with Crippen molar-refractivity contribution in [3.05, 3.63) is 66.6 Å². The van der Waals surface area contributed by atoms with Gasteiger partial charge < -0.3 is 8.60 Å². The Morgan fingerprint density at radius 2 is 1.70 bits per heavy atom. The van der Waals surface area contributed by atoms with E-state index in [-0.39, 0.29) is 33.1 Å². The summed E-state index contributed by atoms with van der Waals surface area (Å²) in [6, 6.07) is 5.19. The Bertz CT molecular complexity index is 1480. The molecule has 0 saturated carbocycles. The lowest BCUT2D eigenvalue weighted by Crippen LogP contribution is -2.28. The van der Waals surface area contributed by atoms with Crippen LogP contribution in [-0.2, 0) is 10.1 Å². The second-order valence-corrected chi connectivity index (χ2v) is 6.96. The zero-order valence-electron chi connectivity index (χ0n) is 18.1. The minimum atomic E-state index is -5.95. The number of fused-ring (bicyclic) bond motifs is 3. The first-order valence-corrected chi connectivity index (χ1v) is 8.77. The van der Waals surface area contributed by atoms with Gasteiger partial charge >= 0.3 is 15.6 Å². The first-order chi connectivity index (χ1) is 14.8. The van der Waals surface area contributed by atoms with Crippen LogP contribution in [0.4, 0.5) is 13.2 Å². The highest BCUT2D eigenvalue weighted by Crippen LogP contribution is 2.39. The lowest BCUT2D eigenvalue weighted by Gasteiger charge is -2.10. The second-order valence-electron chi connectivity index (χ2n) is 5.43. The fraction of sp³-hybridized carbons (Fsp3) is 0.0526. The molecule has 0 spiro atoms. The minimum Gasteiger partial charge on any atom is -0.456 e. The minimum absolute atomic E-state index is 0.0353. The van der Waals surface area contributed by atoms with Crippen molar-refractivity contribution in [2.75, 3.05) is 0 Å². The van der Waals surface area contributed by atoms with E-state index in [2.05, 4.69) is 4.18 Å². The number of benzene rings is 3. The highest BCUT2D eigenvalue weighted by Gasteiger charge is 2.48. The molecule has 4 nitrogen and oxygen atoms in total. The number of hydrogen-bond acceptors (Lipinski definition) is 4. The van der Waals surface area contributed by atoms with Crippen LogP contribution in [0.5, 0.6) is 5.75 Å². The third-order valence-corrected chi connectivity index (χ3v) is 4.69. The van der Waals surface area contributed by atoms with Gasteiger partial charge in [-0.1, -0.05) is 42.3 Å². The summed E-state index contributed by atoms with van der Waals surface area (Å²) in [6.45, 7) is 0. The number of furan rings is 1.